The van der Waals surface area contributed by atoms with E-state index in [1.807, 2.05) is 30.6 Å². The van der Waals surface area contributed by atoms with Crippen molar-refractivity contribution in [2.24, 2.45) is 17.3 Å². The maximum Gasteiger partial charge on any atom is 0.155 e. The summed E-state index contributed by atoms with van der Waals surface area (Å²) >= 11 is 0. The third-order valence-electron chi connectivity index (χ3n) is 6.11. The Morgan fingerprint density at radius 3 is 2.91 bits per heavy atom. The average molecular weight is 308 g/mol. The first-order chi connectivity index (χ1) is 10.9. The van der Waals surface area contributed by atoms with Crippen molar-refractivity contribution in [1.29, 1.82) is 5.26 Å². The Balaban J connectivity index is 2.00. The van der Waals surface area contributed by atoms with Crippen LogP contribution in [0.5, 0.6) is 0 Å². The molecule has 2 aromatic heterocycles. The summed E-state index contributed by atoms with van der Waals surface area (Å²) < 4.78 is 1.92. The van der Waals surface area contributed by atoms with Crippen molar-refractivity contribution in [2.45, 2.75) is 45.4 Å². The van der Waals surface area contributed by atoms with E-state index in [-0.39, 0.29) is 17.1 Å². The molecule has 0 aromatic carbocycles. The largest absolute Gasteiger partial charge is 0.298 e. The summed E-state index contributed by atoms with van der Waals surface area (Å²) in [5.41, 5.74) is 2.44. The molecule has 2 aliphatic carbocycles. The molecule has 1 fully saturated rings. The van der Waals surface area contributed by atoms with E-state index in [2.05, 4.69) is 23.1 Å². The molecule has 0 spiro atoms. The SMILES string of the molecule is CC1(C)C(=O)C(C#N)C[C@]2(C)c3c(cnc4ccnn34)CC[C@@H]12. The Morgan fingerprint density at radius 1 is 1.39 bits per heavy atom. The summed E-state index contributed by atoms with van der Waals surface area (Å²) in [5.74, 6) is -0.234. The number of hydrogen-bond acceptors (Lipinski definition) is 4. The van der Waals surface area contributed by atoms with Crippen LogP contribution in [0.25, 0.3) is 5.65 Å². The van der Waals surface area contributed by atoms with Gasteiger partial charge in [-0.25, -0.2) is 9.50 Å². The minimum atomic E-state index is -0.545. The van der Waals surface area contributed by atoms with Crippen LogP contribution in [0, 0.1) is 28.6 Å². The zero-order valence-corrected chi connectivity index (χ0v) is 13.7. The molecule has 2 aliphatic rings. The topological polar surface area (TPSA) is 71.0 Å². The molecule has 0 bridgehead atoms. The van der Waals surface area contributed by atoms with Gasteiger partial charge in [0.1, 0.15) is 5.92 Å². The predicted octanol–water partition coefficient (Wildman–Crippen LogP) is 2.69. The normalized spacial score (nSPS) is 32.2. The molecule has 1 unspecified atom stereocenters. The van der Waals surface area contributed by atoms with Gasteiger partial charge in [-0.15, -0.1) is 0 Å². The molecule has 3 atom stereocenters. The molecule has 2 aromatic rings. The standard InChI is InChI=1S/C18H20N4O/c1-17(2)13-5-4-11-10-20-14-6-7-21-22(14)15(11)18(13,3)8-12(9-19)16(17)23/h6-7,10,12-13H,4-5,8H2,1-3H3/t12?,13-,18-/m0/s1. The van der Waals surface area contributed by atoms with E-state index >= 15 is 0 Å². The van der Waals surface area contributed by atoms with E-state index in [4.69, 9.17) is 0 Å². The number of Topliss-reactive ketones (excluding diaryl/α,β-unsaturated/α-hetero) is 1. The van der Waals surface area contributed by atoms with E-state index < -0.39 is 11.3 Å². The lowest BCUT2D eigenvalue weighted by atomic mass is 9.49. The Kier molecular flexibility index (Phi) is 2.76. The number of carbonyl (C=O) groups is 1. The highest BCUT2D eigenvalue weighted by Crippen LogP contribution is 2.56. The molecule has 2 heterocycles. The Hall–Kier alpha value is -2.22. The molecule has 0 radical (unpaired) electrons. The third-order valence-corrected chi connectivity index (χ3v) is 6.11. The lowest BCUT2D eigenvalue weighted by Crippen LogP contribution is -2.56. The first kappa shape index (κ1) is 14.4. The molecule has 5 heteroatoms. The molecule has 0 aliphatic heterocycles. The highest BCUT2D eigenvalue weighted by atomic mass is 16.1. The van der Waals surface area contributed by atoms with Gasteiger partial charge in [0.25, 0.3) is 0 Å². The van der Waals surface area contributed by atoms with Crippen LogP contribution in [0.3, 0.4) is 0 Å². The van der Waals surface area contributed by atoms with Gasteiger partial charge in [0.05, 0.1) is 18.0 Å². The second kappa shape index (κ2) is 4.41. The summed E-state index contributed by atoms with van der Waals surface area (Å²) in [7, 11) is 0. The lowest BCUT2D eigenvalue weighted by molar-refractivity contribution is -0.141. The number of nitrogens with zero attached hydrogens (tertiary/aromatic N) is 4. The van der Waals surface area contributed by atoms with E-state index in [1.54, 1.807) is 6.20 Å². The van der Waals surface area contributed by atoms with E-state index in [1.165, 1.54) is 5.56 Å². The van der Waals surface area contributed by atoms with Gasteiger partial charge in [0.15, 0.2) is 11.4 Å². The van der Waals surface area contributed by atoms with Crippen LogP contribution in [0.15, 0.2) is 18.5 Å². The number of carbonyl (C=O) groups excluding carboxylic acids is 1. The molecule has 118 valence electrons. The molecular formula is C18H20N4O. The second-order valence-electron chi connectivity index (χ2n) is 7.71. The van der Waals surface area contributed by atoms with E-state index in [0.717, 1.165) is 24.2 Å². The fraction of sp³-hybridized carbons (Fsp3) is 0.556. The maximum atomic E-state index is 12.7. The predicted molar refractivity (Wildman–Crippen MR) is 84.7 cm³/mol. The molecular weight excluding hydrogens is 288 g/mol. The van der Waals surface area contributed by atoms with Crippen LogP contribution in [0.1, 0.15) is 44.9 Å². The molecule has 0 saturated heterocycles. The van der Waals surface area contributed by atoms with E-state index in [9.17, 15) is 10.1 Å². The summed E-state index contributed by atoms with van der Waals surface area (Å²) in [6.07, 6.45) is 6.14. The van der Waals surface area contributed by atoms with Gasteiger partial charge in [-0.3, -0.25) is 4.79 Å². The minimum absolute atomic E-state index is 0.0942. The molecule has 23 heavy (non-hydrogen) atoms. The molecule has 0 N–H and O–H groups in total. The minimum Gasteiger partial charge on any atom is -0.298 e. The van der Waals surface area contributed by atoms with Crippen molar-refractivity contribution < 1.29 is 4.79 Å². The van der Waals surface area contributed by atoms with E-state index in [0.29, 0.717) is 6.42 Å². The van der Waals surface area contributed by atoms with Crippen LogP contribution >= 0.6 is 0 Å². The molecule has 4 rings (SSSR count). The van der Waals surface area contributed by atoms with Crippen LogP contribution in [-0.4, -0.2) is 20.4 Å². The maximum absolute atomic E-state index is 12.7. The Morgan fingerprint density at radius 2 is 2.17 bits per heavy atom. The number of hydrogen-bond donors (Lipinski definition) is 0. The molecule has 1 saturated carbocycles. The van der Waals surface area contributed by atoms with Crippen LogP contribution in [0.4, 0.5) is 0 Å². The highest BCUT2D eigenvalue weighted by Gasteiger charge is 2.58. The van der Waals surface area contributed by atoms with Gasteiger partial charge in [-0.1, -0.05) is 20.8 Å². The van der Waals surface area contributed by atoms with Gasteiger partial charge in [-0.05, 0) is 30.7 Å². The van der Waals surface area contributed by atoms with Crippen molar-refractivity contribution in [3.05, 3.63) is 29.7 Å². The van der Waals surface area contributed by atoms with Crippen molar-refractivity contribution >= 4 is 11.4 Å². The van der Waals surface area contributed by atoms with Crippen molar-refractivity contribution in [2.75, 3.05) is 0 Å². The van der Waals surface area contributed by atoms with Gasteiger partial charge in [0, 0.05) is 23.1 Å². The summed E-state index contributed by atoms with van der Waals surface area (Å²) in [4.78, 5) is 17.2. The van der Waals surface area contributed by atoms with Crippen molar-refractivity contribution in [3.8, 4) is 6.07 Å². The Labute approximate surface area is 135 Å². The number of aryl methyl sites for hydroxylation is 1. The van der Waals surface area contributed by atoms with Crippen LogP contribution < -0.4 is 0 Å². The monoisotopic (exact) mass is 308 g/mol. The number of rotatable bonds is 0. The zero-order valence-electron chi connectivity index (χ0n) is 13.7. The quantitative estimate of drug-likeness (QED) is 0.750. The van der Waals surface area contributed by atoms with Gasteiger partial charge >= 0.3 is 0 Å². The first-order valence-corrected chi connectivity index (χ1v) is 8.15. The number of ketones is 1. The van der Waals surface area contributed by atoms with Crippen molar-refractivity contribution in [1.82, 2.24) is 14.6 Å². The third kappa shape index (κ3) is 1.69. The van der Waals surface area contributed by atoms with Gasteiger partial charge in [0.2, 0.25) is 0 Å². The van der Waals surface area contributed by atoms with Crippen LogP contribution in [0.2, 0.25) is 0 Å². The van der Waals surface area contributed by atoms with Crippen molar-refractivity contribution in [3.63, 3.8) is 0 Å². The Bertz CT molecular complexity index is 860. The highest BCUT2D eigenvalue weighted by molar-refractivity contribution is 5.90. The number of fused-ring (bicyclic) bond motifs is 5. The first-order valence-electron chi connectivity index (χ1n) is 8.15. The summed E-state index contributed by atoms with van der Waals surface area (Å²) in [6, 6.07) is 4.14. The van der Waals surface area contributed by atoms with Gasteiger partial charge < -0.3 is 0 Å². The average Bonchev–Trinajstić information content (AvgIpc) is 2.99. The molecule has 0 amide bonds. The number of nitriles is 1. The summed E-state index contributed by atoms with van der Waals surface area (Å²) in [5, 5.41) is 14.0. The summed E-state index contributed by atoms with van der Waals surface area (Å²) in [6.45, 7) is 6.22. The fourth-order valence-electron chi connectivity index (χ4n) is 5.12. The lowest BCUT2D eigenvalue weighted by Gasteiger charge is -2.53. The molecule has 5 nitrogen and oxygen atoms in total. The fourth-order valence-corrected chi connectivity index (χ4v) is 5.12. The number of aromatic nitrogens is 3. The van der Waals surface area contributed by atoms with Crippen LogP contribution in [-0.2, 0) is 16.6 Å². The second-order valence-corrected chi connectivity index (χ2v) is 7.71. The van der Waals surface area contributed by atoms with Gasteiger partial charge in [-0.2, -0.15) is 10.4 Å². The smallest absolute Gasteiger partial charge is 0.155 e. The zero-order chi connectivity index (χ0) is 16.4.